The van der Waals surface area contributed by atoms with Crippen molar-refractivity contribution >= 4 is 34.5 Å². The van der Waals surface area contributed by atoms with Gasteiger partial charge in [-0.15, -0.1) is 11.3 Å². The van der Waals surface area contributed by atoms with Gasteiger partial charge in [-0.2, -0.15) is 0 Å². The Bertz CT molecular complexity index is 914. The minimum absolute atomic E-state index is 0.136. The summed E-state index contributed by atoms with van der Waals surface area (Å²) in [6.45, 7) is 0.735. The molecule has 1 aromatic carbocycles. The summed E-state index contributed by atoms with van der Waals surface area (Å²) < 4.78 is 1.92. The monoisotopic (exact) mass is 351 g/mol. The third-order valence-electron chi connectivity index (χ3n) is 4.22. The highest BCUT2D eigenvalue weighted by Gasteiger charge is 2.22. The van der Waals surface area contributed by atoms with E-state index in [0.29, 0.717) is 17.0 Å². The fourth-order valence-corrected chi connectivity index (χ4v) is 3.82. The molecule has 1 aliphatic heterocycles. The van der Waals surface area contributed by atoms with Gasteiger partial charge in [-0.3, -0.25) is 9.59 Å². The van der Waals surface area contributed by atoms with Crippen molar-refractivity contribution in [2.75, 3.05) is 16.8 Å². The number of hydrogen-bond acceptors (Lipinski definition) is 3. The van der Waals surface area contributed by atoms with Crippen molar-refractivity contribution in [3.05, 3.63) is 65.1 Å². The van der Waals surface area contributed by atoms with E-state index >= 15 is 0 Å². The van der Waals surface area contributed by atoms with Crippen LogP contribution in [-0.2, 0) is 4.79 Å². The average Bonchev–Trinajstić information content (AvgIpc) is 3.36. The molecular formula is C19H17N3O2S. The van der Waals surface area contributed by atoms with Crippen LogP contribution in [0.15, 0.2) is 60.2 Å². The molecule has 1 saturated heterocycles. The number of hydrogen-bond donors (Lipinski definition) is 1. The highest BCUT2D eigenvalue weighted by Crippen LogP contribution is 2.26. The zero-order valence-corrected chi connectivity index (χ0v) is 14.3. The van der Waals surface area contributed by atoms with Gasteiger partial charge in [0.15, 0.2) is 0 Å². The van der Waals surface area contributed by atoms with Gasteiger partial charge in [0.2, 0.25) is 5.91 Å². The summed E-state index contributed by atoms with van der Waals surface area (Å²) >= 11 is 1.41. The summed E-state index contributed by atoms with van der Waals surface area (Å²) in [6.07, 6.45) is 5.30. The Morgan fingerprint density at radius 2 is 1.96 bits per heavy atom. The van der Waals surface area contributed by atoms with Crippen LogP contribution in [0, 0.1) is 0 Å². The van der Waals surface area contributed by atoms with E-state index in [9.17, 15) is 9.59 Å². The average molecular weight is 351 g/mol. The molecule has 5 nitrogen and oxygen atoms in total. The maximum atomic E-state index is 12.7. The molecule has 4 rings (SSSR count). The smallest absolute Gasteiger partial charge is 0.267 e. The van der Waals surface area contributed by atoms with Crippen molar-refractivity contribution in [3.63, 3.8) is 0 Å². The van der Waals surface area contributed by atoms with Crippen LogP contribution >= 0.6 is 11.3 Å². The van der Waals surface area contributed by atoms with E-state index in [4.69, 9.17) is 0 Å². The lowest BCUT2D eigenvalue weighted by atomic mass is 10.2. The van der Waals surface area contributed by atoms with E-state index in [0.717, 1.165) is 24.3 Å². The number of benzene rings is 1. The van der Waals surface area contributed by atoms with Crippen LogP contribution in [0.4, 0.5) is 11.4 Å². The van der Waals surface area contributed by atoms with Gasteiger partial charge < -0.3 is 14.8 Å². The molecule has 0 unspecified atom stereocenters. The molecule has 0 saturated carbocycles. The fourth-order valence-electron chi connectivity index (χ4n) is 3.03. The van der Waals surface area contributed by atoms with Gasteiger partial charge in [-0.25, -0.2) is 0 Å². The number of rotatable bonds is 4. The second kappa shape index (κ2) is 6.57. The topological polar surface area (TPSA) is 54.3 Å². The van der Waals surface area contributed by atoms with E-state index < -0.39 is 0 Å². The van der Waals surface area contributed by atoms with Gasteiger partial charge in [0.1, 0.15) is 4.88 Å². The van der Waals surface area contributed by atoms with E-state index in [1.807, 2.05) is 64.8 Å². The van der Waals surface area contributed by atoms with Gasteiger partial charge in [0.05, 0.1) is 5.69 Å². The van der Waals surface area contributed by atoms with Crippen LogP contribution in [-0.4, -0.2) is 22.9 Å². The molecule has 0 aliphatic carbocycles. The molecule has 2 amide bonds. The minimum Gasteiger partial charge on any atom is -0.322 e. The van der Waals surface area contributed by atoms with E-state index in [-0.39, 0.29) is 11.8 Å². The van der Waals surface area contributed by atoms with Crippen molar-refractivity contribution in [1.82, 2.24) is 4.57 Å². The van der Waals surface area contributed by atoms with Crippen LogP contribution in [0.5, 0.6) is 0 Å². The SMILES string of the molecule is O=C(Nc1cccc(N2CCCC2=O)c1)c1sccc1-n1cccc1. The van der Waals surface area contributed by atoms with Gasteiger partial charge in [0.25, 0.3) is 5.91 Å². The van der Waals surface area contributed by atoms with E-state index in [1.54, 1.807) is 4.90 Å². The molecule has 2 aromatic heterocycles. The number of anilines is 2. The van der Waals surface area contributed by atoms with Gasteiger partial charge in [-0.1, -0.05) is 6.07 Å². The Kier molecular flexibility index (Phi) is 4.11. The standard InChI is InChI=1S/C19H17N3O2S/c23-17-7-4-11-22(17)15-6-3-5-14(13-15)20-19(24)18-16(8-12-25-18)21-9-1-2-10-21/h1-3,5-6,8-10,12-13H,4,7,11H2,(H,20,24). The largest absolute Gasteiger partial charge is 0.322 e. The van der Waals surface area contributed by atoms with Crippen molar-refractivity contribution in [2.45, 2.75) is 12.8 Å². The lowest BCUT2D eigenvalue weighted by molar-refractivity contribution is -0.117. The maximum Gasteiger partial charge on any atom is 0.267 e. The summed E-state index contributed by atoms with van der Waals surface area (Å²) in [6, 6.07) is 13.2. The van der Waals surface area contributed by atoms with Crippen molar-refractivity contribution < 1.29 is 9.59 Å². The van der Waals surface area contributed by atoms with Crippen LogP contribution in [0.25, 0.3) is 5.69 Å². The second-order valence-corrected chi connectivity index (χ2v) is 6.79. The summed E-state index contributed by atoms with van der Waals surface area (Å²) in [5.74, 6) is -0.0137. The first-order valence-electron chi connectivity index (χ1n) is 8.15. The lowest BCUT2D eigenvalue weighted by Gasteiger charge is -2.16. The summed E-state index contributed by atoms with van der Waals surface area (Å²) in [4.78, 5) is 27.0. The van der Waals surface area contributed by atoms with Gasteiger partial charge in [0, 0.05) is 36.7 Å². The second-order valence-electron chi connectivity index (χ2n) is 5.88. The molecule has 126 valence electrons. The Hall–Kier alpha value is -2.86. The molecule has 3 heterocycles. The molecular weight excluding hydrogens is 334 g/mol. The molecule has 1 fully saturated rings. The fraction of sp³-hybridized carbons (Fsp3) is 0.158. The predicted molar refractivity (Wildman–Crippen MR) is 99.6 cm³/mol. The van der Waals surface area contributed by atoms with Crippen molar-refractivity contribution in [2.24, 2.45) is 0 Å². The number of aromatic nitrogens is 1. The number of nitrogens with zero attached hydrogens (tertiary/aromatic N) is 2. The van der Waals surface area contributed by atoms with E-state index in [1.165, 1.54) is 11.3 Å². The molecule has 1 N–H and O–H groups in total. The highest BCUT2D eigenvalue weighted by molar-refractivity contribution is 7.12. The zero-order valence-electron chi connectivity index (χ0n) is 13.5. The first-order chi connectivity index (χ1) is 12.2. The van der Waals surface area contributed by atoms with Crippen LogP contribution in [0.2, 0.25) is 0 Å². The molecule has 0 spiro atoms. The molecule has 6 heteroatoms. The molecule has 25 heavy (non-hydrogen) atoms. The third kappa shape index (κ3) is 3.08. The Balaban J connectivity index is 1.56. The van der Waals surface area contributed by atoms with Crippen molar-refractivity contribution in [1.29, 1.82) is 0 Å². The number of amides is 2. The number of nitrogens with one attached hydrogen (secondary N) is 1. The van der Waals surface area contributed by atoms with E-state index in [2.05, 4.69) is 5.32 Å². The van der Waals surface area contributed by atoms with Gasteiger partial charge in [-0.05, 0) is 48.2 Å². The highest BCUT2D eigenvalue weighted by atomic mass is 32.1. The minimum atomic E-state index is -0.149. The predicted octanol–water partition coefficient (Wildman–Crippen LogP) is 3.92. The van der Waals surface area contributed by atoms with Crippen molar-refractivity contribution in [3.8, 4) is 5.69 Å². The summed E-state index contributed by atoms with van der Waals surface area (Å²) in [5, 5.41) is 4.85. The zero-order chi connectivity index (χ0) is 17.2. The summed E-state index contributed by atoms with van der Waals surface area (Å²) in [7, 11) is 0. The molecule has 0 radical (unpaired) electrons. The number of carbonyl (C=O) groups excluding carboxylic acids is 2. The molecule has 1 aliphatic rings. The number of thiophene rings is 1. The first-order valence-corrected chi connectivity index (χ1v) is 9.03. The number of carbonyl (C=O) groups is 2. The molecule has 0 atom stereocenters. The Morgan fingerprint density at radius 3 is 2.72 bits per heavy atom. The quantitative estimate of drug-likeness (QED) is 0.775. The van der Waals surface area contributed by atoms with Crippen LogP contribution in [0.1, 0.15) is 22.5 Å². The van der Waals surface area contributed by atoms with Crippen LogP contribution in [0.3, 0.4) is 0 Å². The Labute approximate surface area is 149 Å². The Morgan fingerprint density at radius 1 is 1.12 bits per heavy atom. The summed E-state index contributed by atoms with van der Waals surface area (Å²) in [5.41, 5.74) is 2.38. The normalized spacial score (nSPS) is 14.1. The molecule has 3 aromatic rings. The molecule has 0 bridgehead atoms. The van der Waals surface area contributed by atoms with Gasteiger partial charge >= 0.3 is 0 Å². The third-order valence-corrected chi connectivity index (χ3v) is 5.12. The first kappa shape index (κ1) is 15.7. The lowest BCUT2D eigenvalue weighted by Crippen LogP contribution is -2.23. The maximum absolute atomic E-state index is 12.7. The van der Waals surface area contributed by atoms with Crippen LogP contribution < -0.4 is 10.2 Å².